The lowest BCUT2D eigenvalue weighted by Crippen LogP contribution is -2.47. The number of rotatable bonds is 9. The molecule has 182 valence electrons. The fraction of sp³-hybridized carbons (Fsp3) is 0.385. The quantitative estimate of drug-likeness (QED) is 0.271. The Bertz CT molecular complexity index is 1020. The smallest absolute Gasteiger partial charge is 0.408 e. The van der Waals surface area contributed by atoms with Crippen LogP contribution in [0.5, 0.6) is 0 Å². The minimum absolute atomic E-state index is 0.00282. The van der Waals surface area contributed by atoms with Crippen molar-refractivity contribution in [3.63, 3.8) is 0 Å². The summed E-state index contributed by atoms with van der Waals surface area (Å²) in [4.78, 5) is 48.8. The number of Topliss-reactive ketones (excluding diaryl/α,β-unsaturated/α-hetero) is 2. The minimum atomic E-state index is -0.940. The number of amides is 1. The van der Waals surface area contributed by atoms with E-state index in [0.29, 0.717) is 11.1 Å². The van der Waals surface area contributed by atoms with Crippen LogP contribution in [0.2, 0.25) is 0 Å². The molecule has 1 N–H and O–H groups in total. The van der Waals surface area contributed by atoms with Gasteiger partial charge in [0.25, 0.3) is 0 Å². The van der Waals surface area contributed by atoms with Gasteiger partial charge in [0.1, 0.15) is 11.6 Å². The zero-order valence-electron chi connectivity index (χ0n) is 20.0. The maximum atomic E-state index is 12.5. The lowest BCUT2D eigenvalue weighted by molar-refractivity contribution is -0.146. The molecule has 0 aliphatic carbocycles. The number of hydrogen-bond acceptors (Lipinski definition) is 6. The molecule has 0 spiro atoms. The normalized spacial score (nSPS) is 12.1. The van der Waals surface area contributed by atoms with Crippen molar-refractivity contribution < 1.29 is 28.7 Å². The van der Waals surface area contributed by atoms with Crippen LogP contribution in [0.15, 0.2) is 48.5 Å². The van der Waals surface area contributed by atoms with E-state index in [-0.39, 0.29) is 22.8 Å². The van der Waals surface area contributed by atoms with Crippen molar-refractivity contribution in [2.45, 2.75) is 46.3 Å². The molecule has 1 amide bonds. The van der Waals surface area contributed by atoms with Gasteiger partial charge in [-0.3, -0.25) is 9.59 Å². The summed E-state index contributed by atoms with van der Waals surface area (Å²) in [6.07, 6.45) is -0.727. The van der Waals surface area contributed by atoms with Crippen LogP contribution in [-0.4, -0.2) is 47.2 Å². The second-order valence-corrected chi connectivity index (χ2v) is 9.67. The number of ketones is 2. The molecule has 0 radical (unpaired) electrons. The predicted molar refractivity (Wildman–Crippen MR) is 133 cm³/mol. The van der Waals surface area contributed by atoms with Crippen molar-refractivity contribution in [2.24, 2.45) is 5.92 Å². The average molecular weight is 532 g/mol. The number of carbonyl (C=O) groups excluding carboxylic acids is 4. The number of esters is 1. The van der Waals surface area contributed by atoms with Crippen molar-refractivity contribution in [1.82, 2.24) is 5.32 Å². The van der Waals surface area contributed by atoms with Gasteiger partial charge in [-0.15, -0.1) is 0 Å². The van der Waals surface area contributed by atoms with Gasteiger partial charge in [-0.2, -0.15) is 0 Å². The molecule has 1 unspecified atom stereocenters. The maximum Gasteiger partial charge on any atom is 0.408 e. The van der Waals surface area contributed by atoms with Gasteiger partial charge in [0.2, 0.25) is 0 Å². The molecule has 0 aromatic heterocycles. The lowest BCUT2D eigenvalue weighted by Gasteiger charge is -2.24. The molecule has 34 heavy (non-hydrogen) atoms. The summed E-state index contributed by atoms with van der Waals surface area (Å²) in [5.74, 6) is -1.32. The molecule has 2 aromatic rings. The molecular weight excluding hydrogens is 502 g/mol. The molecular formula is C26H30BrNO6. The minimum Gasteiger partial charge on any atom is -0.456 e. The molecule has 1 atom stereocenters. The summed E-state index contributed by atoms with van der Waals surface area (Å²) in [5, 5.41) is 2.77. The first-order chi connectivity index (χ1) is 15.9. The molecule has 7 nitrogen and oxygen atoms in total. The van der Waals surface area contributed by atoms with Crippen LogP contribution in [-0.2, 0) is 14.3 Å². The summed E-state index contributed by atoms with van der Waals surface area (Å²) in [6, 6.07) is 13.2. The van der Waals surface area contributed by atoms with E-state index in [4.69, 9.17) is 9.47 Å². The van der Waals surface area contributed by atoms with Crippen LogP contribution in [0.4, 0.5) is 4.79 Å². The second kappa shape index (κ2) is 11.9. The molecule has 0 heterocycles. The first-order valence-corrected chi connectivity index (χ1v) is 12.0. The highest BCUT2D eigenvalue weighted by molar-refractivity contribution is 9.09. The van der Waals surface area contributed by atoms with E-state index in [1.807, 2.05) is 12.1 Å². The fourth-order valence-electron chi connectivity index (χ4n) is 3.02. The van der Waals surface area contributed by atoms with Gasteiger partial charge in [-0.25, -0.2) is 9.59 Å². The zero-order valence-corrected chi connectivity index (χ0v) is 21.6. The lowest BCUT2D eigenvalue weighted by atomic mass is 10.0. The highest BCUT2D eigenvalue weighted by atomic mass is 79.9. The Morgan fingerprint density at radius 2 is 1.32 bits per heavy atom. The number of halogens is 1. The van der Waals surface area contributed by atoms with E-state index >= 15 is 0 Å². The predicted octanol–water partition coefficient (Wildman–Crippen LogP) is 5.21. The monoisotopic (exact) mass is 531 g/mol. The van der Waals surface area contributed by atoms with Gasteiger partial charge in [-0.05, 0) is 37.8 Å². The van der Waals surface area contributed by atoms with E-state index < -0.39 is 30.3 Å². The molecule has 0 saturated carbocycles. The number of alkyl halides is 1. The van der Waals surface area contributed by atoms with Crippen LogP contribution < -0.4 is 5.32 Å². The van der Waals surface area contributed by atoms with E-state index in [0.717, 1.165) is 11.1 Å². The fourth-order valence-corrected chi connectivity index (χ4v) is 3.34. The van der Waals surface area contributed by atoms with E-state index in [1.54, 1.807) is 71.0 Å². The summed E-state index contributed by atoms with van der Waals surface area (Å²) >= 11 is 3.16. The van der Waals surface area contributed by atoms with Gasteiger partial charge in [0, 0.05) is 11.1 Å². The van der Waals surface area contributed by atoms with Crippen LogP contribution in [0.25, 0.3) is 11.1 Å². The first-order valence-electron chi connectivity index (χ1n) is 10.9. The summed E-state index contributed by atoms with van der Waals surface area (Å²) in [7, 11) is 0. The van der Waals surface area contributed by atoms with E-state index in [1.165, 1.54) is 0 Å². The SMILES string of the molecule is CC(C)C(NC(=O)OC(C)(C)C)C(=O)OCC(=O)c1ccc(-c2ccc(C(=O)CBr)cc2)cc1. The Balaban J connectivity index is 1.97. The summed E-state index contributed by atoms with van der Waals surface area (Å²) < 4.78 is 10.4. The highest BCUT2D eigenvalue weighted by Gasteiger charge is 2.28. The zero-order chi connectivity index (χ0) is 25.5. The Labute approximate surface area is 208 Å². The summed E-state index contributed by atoms with van der Waals surface area (Å²) in [5.41, 5.74) is 2.10. The highest BCUT2D eigenvalue weighted by Crippen LogP contribution is 2.21. The second-order valence-electron chi connectivity index (χ2n) is 9.11. The molecule has 2 aromatic carbocycles. The van der Waals surface area contributed by atoms with Crippen molar-refractivity contribution in [1.29, 1.82) is 0 Å². The molecule has 0 fully saturated rings. The third-order valence-corrected chi connectivity index (χ3v) is 5.32. The van der Waals surface area contributed by atoms with E-state index in [9.17, 15) is 19.2 Å². The average Bonchev–Trinajstić information content (AvgIpc) is 2.79. The molecule has 0 saturated heterocycles. The number of nitrogens with one attached hydrogen (secondary N) is 1. The standard InChI is InChI=1S/C26H30BrNO6/c1-16(2)23(28-25(32)34-26(3,4)5)24(31)33-15-22(30)20-12-8-18(9-13-20)17-6-10-19(11-7-17)21(29)14-27/h6-13,16,23H,14-15H2,1-5H3,(H,28,32). The summed E-state index contributed by atoms with van der Waals surface area (Å²) in [6.45, 7) is 8.24. The van der Waals surface area contributed by atoms with Crippen molar-refractivity contribution in [2.75, 3.05) is 11.9 Å². The van der Waals surface area contributed by atoms with Gasteiger partial charge in [0.05, 0.1) is 5.33 Å². The number of ether oxygens (including phenoxy) is 2. The Morgan fingerprint density at radius 3 is 1.74 bits per heavy atom. The largest absolute Gasteiger partial charge is 0.456 e. The van der Waals surface area contributed by atoms with Crippen LogP contribution in [0, 0.1) is 5.92 Å². The van der Waals surface area contributed by atoms with Gasteiger partial charge >= 0.3 is 12.1 Å². The molecule has 0 aliphatic rings. The first kappa shape index (κ1) is 27.2. The van der Waals surface area contributed by atoms with Crippen molar-refractivity contribution in [3.05, 3.63) is 59.7 Å². The van der Waals surface area contributed by atoms with Crippen LogP contribution >= 0.6 is 15.9 Å². The number of carbonyl (C=O) groups is 4. The topological polar surface area (TPSA) is 98.8 Å². The third-order valence-electron chi connectivity index (χ3n) is 4.81. The van der Waals surface area contributed by atoms with Crippen molar-refractivity contribution >= 4 is 39.6 Å². The maximum absolute atomic E-state index is 12.5. The van der Waals surface area contributed by atoms with Gasteiger partial charge in [0.15, 0.2) is 18.2 Å². The molecule has 0 bridgehead atoms. The van der Waals surface area contributed by atoms with Gasteiger partial charge in [-0.1, -0.05) is 78.3 Å². The number of benzene rings is 2. The Hall–Kier alpha value is -3.00. The van der Waals surface area contributed by atoms with E-state index in [2.05, 4.69) is 21.2 Å². The van der Waals surface area contributed by atoms with Gasteiger partial charge < -0.3 is 14.8 Å². The molecule has 8 heteroatoms. The molecule has 2 rings (SSSR count). The molecule has 0 aliphatic heterocycles. The Morgan fingerprint density at radius 1 is 0.853 bits per heavy atom. The van der Waals surface area contributed by atoms with Crippen molar-refractivity contribution in [3.8, 4) is 11.1 Å². The third kappa shape index (κ3) is 8.09. The van der Waals surface area contributed by atoms with Crippen LogP contribution in [0.1, 0.15) is 55.3 Å². The van der Waals surface area contributed by atoms with Crippen LogP contribution in [0.3, 0.4) is 0 Å². The Kier molecular flexibility index (Phi) is 9.55. The number of alkyl carbamates (subject to hydrolysis) is 1. The number of hydrogen-bond donors (Lipinski definition) is 1.